The molecular formula is C18H22N2O5. The van der Waals surface area contributed by atoms with Crippen molar-refractivity contribution in [2.75, 3.05) is 6.54 Å². The summed E-state index contributed by atoms with van der Waals surface area (Å²) in [7, 11) is 0. The van der Waals surface area contributed by atoms with Crippen LogP contribution in [0.25, 0.3) is 6.08 Å². The van der Waals surface area contributed by atoms with E-state index in [-0.39, 0.29) is 0 Å². The normalized spacial score (nSPS) is 19.7. The lowest BCUT2D eigenvalue weighted by Crippen LogP contribution is -2.52. The van der Waals surface area contributed by atoms with Gasteiger partial charge in [0, 0.05) is 6.54 Å². The molecule has 1 aliphatic rings. The summed E-state index contributed by atoms with van der Waals surface area (Å²) in [5, 5.41) is 21.3. The SMILES string of the molecule is C[C@H](NC(C=Cc1ccccc1)C(=O)O)C(=O)N1CCC[C@H]1C(=O)O. The topological polar surface area (TPSA) is 107 Å². The number of hydrogen-bond acceptors (Lipinski definition) is 4. The molecule has 1 fully saturated rings. The fourth-order valence-electron chi connectivity index (χ4n) is 2.86. The Hall–Kier alpha value is -2.67. The zero-order valence-corrected chi connectivity index (χ0v) is 14.0. The third-order valence-electron chi connectivity index (χ3n) is 4.17. The van der Waals surface area contributed by atoms with Crippen LogP contribution >= 0.6 is 0 Å². The van der Waals surface area contributed by atoms with Gasteiger partial charge in [0.1, 0.15) is 12.1 Å². The van der Waals surface area contributed by atoms with Gasteiger partial charge in [-0.15, -0.1) is 0 Å². The van der Waals surface area contributed by atoms with Crippen LogP contribution in [-0.2, 0) is 14.4 Å². The molecule has 1 aromatic carbocycles. The number of benzene rings is 1. The number of aliphatic carboxylic acids is 2. The number of carboxylic acid groups (broad SMARTS) is 2. The molecule has 25 heavy (non-hydrogen) atoms. The second-order valence-corrected chi connectivity index (χ2v) is 6.00. The predicted octanol–water partition coefficient (Wildman–Crippen LogP) is 1.21. The Labute approximate surface area is 145 Å². The highest BCUT2D eigenvalue weighted by atomic mass is 16.4. The minimum atomic E-state index is -1.11. The smallest absolute Gasteiger partial charge is 0.326 e. The van der Waals surface area contributed by atoms with E-state index in [9.17, 15) is 24.6 Å². The minimum Gasteiger partial charge on any atom is -0.480 e. The van der Waals surface area contributed by atoms with Crippen LogP contribution in [0.1, 0.15) is 25.3 Å². The van der Waals surface area contributed by atoms with Gasteiger partial charge in [-0.25, -0.2) is 4.79 Å². The van der Waals surface area contributed by atoms with Crippen LogP contribution in [-0.4, -0.2) is 57.6 Å². The lowest BCUT2D eigenvalue weighted by Gasteiger charge is -2.26. The highest BCUT2D eigenvalue weighted by molar-refractivity contribution is 5.88. The Morgan fingerprint density at radius 2 is 1.92 bits per heavy atom. The maximum atomic E-state index is 12.5. The van der Waals surface area contributed by atoms with E-state index < -0.39 is 36.0 Å². The van der Waals surface area contributed by atoms with E-state index in [1.165, 1.54) is 11.0 Å². The molecule has 1 aromatic rings. The number of carbonyl (C=O) groups is 3. The summed E-state index contributed by atoms with van der Waals surface area (Å²) in [5.41, 5.74) is 0.847. The van der Waals surface area contributed by atoms with Crippen molar-refractivity contribution < 1.29 is 24.6 Å². The van der Waals surface area contributed by atoms with E-state index in [1.807, 2.05) is 30.3 Å². The standard InChI is InChI=1S/C18H22N2O5/c1-12(16(21)20-11-5-8-15(20)18(24)25)19-14(17(22)23)10-9-13-6-3-2-4-7-13/h2-4,6-7,9-10,12,14-15,19H,5,8,11H2,1H3,(H,22,23)(H,24,25)/t12-,14?,15-/m0/s1. The largest absolute Gasteiger partial charge is 0.480 e. The monoisotopic (exact) mass is 346 g/mol. The van der Waals surface area contributed by atoms with Gasteiger partial charge in [0.25, 0.3) is 0 Å². The lowest BCUT2D eigenvalue weighted by molar-refractivity contribution is -0.149. The van der Waals surface area contributed by atoms with Crippen LogP contribution in [0.4, 0.5) is 0 Å². The van der Waals surface area contributed by atoms with Gasteiger partial charge in [-0.2, -0.15) is 0 Å². The molecular weight excluding hydrogens is 324 g/mol. The summed E-state index contributed by atoms with van der Waals surface area (Å²) in [4.78, 5) is 36.4. The van der Waals surface area contributed by atoms with Gasteiger partial charge in [0.2, 0.25) is 5.91 Å². The molecule has 0 aromatic heterocycles. The summed E-state index contributed by atoms with van der Waals surface area (Å²) in [6.07, 6.45) is 4.19. The van der Waals surface area contributed by atoms with E-state index in [0.29, 0.717) is 19.4 Å². The molecule has 0 saturated carbocycles. The number of amides is 1. The molecule has 0 radical (unpaired) electrons. The van der Waals surface area contributed by atoms with Crippen molar-refractivity contribution in [2.45, 2.75) is 37.9 Å². The van der Waals surface area contributed by atoms with Gasteiger partial charge < -0.3 is 15.1 Å². The number of carbonyl (C=O) groups excluding carboxylic acids is 1. The first kappa shape index (κ1) is 18.7. The fraction of sp³-hybridized carbons (Fsp3) is 0.389. The maximum absolute atomic E-state index is 12.5. The fourth-order valence-corrected chi connectivity index (χ4v) is 2.86. The van der Waals surface area contributed by atoms with Crippen LogP contribution in [0.3, 0.4) is 0 Å². The van der Waals surface area contributed by atoms with Crippen LogP contribution in [0.15, 0.2) is 36.4 Å². The van der Waals surface area contributed by atoms with E-state index >= 15 is 0 Å². The van der Waals surface area contributed by atoms with Crippen LogP contribution in [0.2, 0.25) is 0 Å². The molecule has 7 heteroatoms. The summed E-state index contributed by atoms with van der Waals surface area (Å²) >= 11 is 0. The first-order chi connectivity index (χ1) is 11.9. The Balaban J connectivity index is 2.03. The summed E-state index contributed by atoms with van der Waals surface area (Å²) in [5.74, 6) is -2.54. The molecule has 134 valence electrons. The number of nitrogens with one attached hydrogen (secondary N) is 1. The van der Waals surface area contributed by atoms with Crippen LogP contribution in [0.5, 0.6) is 0 Å². The van der Waals surface area contributed by atoms with Crippen molar-refractivity contribution in [3.8, 4) is 0 Å². The number of rotatable bonds is 7. The van der Waals surface area contributed by atoms with E-state index in [2.05, 4.69) is 5.32 Å². The molecule has 0 spiro atoms. The van der Waals surface area contributed by atoms with Gasteiger partial charge >= 0.3 is 11.9 Å². The van der Waals surface area contributed by atoms with Gasteiger partial charge in [0.15, 0.2) is 0 Å². The quantitative estimate of drug-likeness (QED) is 0.685. The minimum absolute atomic E-state index is 0.374. The first-order valence-electron chi connectivity index (χ1n) is 8.15. The average molecular weight is 346 g/mol. The Morgan fingerprint density at radius 1 is 1.24 bits per heavy atom. The van der Waals surface area contributed by atoms with Gasteiger partial charge in [0.05, 0.1) is 6.04 Å². The summed E-state index contributed by atoms with van der Waals surface area (Å²) in [6, 6.07) is 6.53. The van der Waals surface area contributed by atoms with Crippen molar-refractivity contribution >= 4 is 23.9 Å². The van der Waals surface area contributed by atoms with Crippen molar-refractivity contribution in [2.24, 2.45) is 0 Å². The molecule has 2 rings (SSSR count). The third kappa shape index (κ3) is 4.90. The zero-order chi connectivity index (χ0) is 18.4. The van der Waals surface area contributed by atoms with Crippen molar-refractivity contribution in [1.29, 1.82) is 0 Å². The van der Waals surface area contributed by atoms with E-state index in [4.69, 9.17) is 0 Å². The van der Waals surface area contributed by atoms with E-state index in [1.54, 1.807) is 13.0 Å². The molecule has 1 saturated heterocycles. The van der Waals surface area contributed by atoms with Crippen molar-refractivity contribution in [3.05, 3.63) is 42.0 Å². The molecule has 0 aliphatic carbocycles. The summed E-state index contributed by atoms with van der Waals surface area (Å²) in [6.45, 7) is 1.92. The number of hydrogen-bond donors (Lipinski definition) is 3. The van der Waals surface area contributed by atoms with Crippen molar-refractivity contribution in [3.63, 3.8) is 0 Å². The van der Waals surface area contributed by atoms with E-state index in [0.717, 1.165) is 5.56 Å². The van der Waals surface area contributed by atoms with Crippen LogP contribution in [0, 0.1) is 0 Å². The Morgan fingerprint density at radius 3 is 2.52 bits per heavy atom. The highest BCUT2D eigenvalue weighted by Gasteiger charge is 2.36. The summed E-state index contributed by atoms with van der Waals surface area (Å²) < 4.78 is 0. The van der Waals surface area contributed by atoms with Crippen molar-refractivity contribution in [1.82, 2.24) is 10.2 Å². The zero-order valence-electron chi connectivity index (χ0n) is 14.0. The third-order valence-corrected chi connectivity index (χ3v) is 4.17. The predicted molar refractivity (Wildman–Crippen MR) is 91.9 cm³/mol. The van der Waals surface area contributed by atoms with Gasteiger partial charge in [-0.3, -0.25) is 14.9 Å². The molecule has 1 aliphatic heterocycles. The first-order valence-corrected chi connectivity index (χ1v) is 8.15. The maximum Gasteiger partial charge on any atom is 0.326 e. The molecule has 7 nitrogen and oxygen atoms in total. The van der Waals surface area contributed by atoms with Crippen LogP contribution < -0.4 is 5.32 Å². The number of carboxylic acids is 2. The lowest BCUT2D eigenvalue weighted by atomic mass is 10.1. The number of likely N-dealkylation sites (tertiary alicyclic amines) is 1. The molecule has 1 heterocycles. The molecule has 3 N–H and O–H groups in total. The van der Waals surface area contributed by atoms with Gasteiger partial charge in [-0.05, 0) is 25.3 Å². The Bertz CT molecular complexity index is 659. The molecule has 3 atom stereocenters. The Kier molecular flexibility index (Phi) is 6.30. The molecule has 1 unspecified atom stereocenters. The number of nitrogens with zero attached hydrogens (tertiary/aromatic N) is 1. The molecule has 0 bridgehead atoms. The van der Waals surface area contributed by atoms with Gasteiger partial charge in [-0.1, -0.05) is 42.5 Å². The highest BCUT2D eigenvalue weighted by Crippen LogP contribution is 2.18. The second kappa shape index (κ2) is 8.43. The average Bonchev–Trinajstić information content (AvgIpc) is 3.08. The second-order valence-electron chi connectivity index (χ2n) is 6.00. The molecule has 1 amide bonds.